The van der Waals surface area contributed by atoms with E-state index >= 15 is 0 Å². The molecule has 2 aliphatic rings. The highest BCUT2D eigenvalue weighted by molar-refractivity contribution is 5.80. The second-order valence-corrected chi connectivity index (χ2v) is 9.55. The van der Waals surface area contributed by atoms with E-state index in [1.54, 1.807) is 0 Å². The molecule has 2 amide bonds. The van der Waals surface area contributed by atoms with Crippen molar-refractivity contribution in [1.82, 2.24) is 10.2 Å². The van der Waals surface area contributed by atoms with Gasteiger partial charge in [0.05, 0.1) is 32.7 Å². The molecular formula is C28H32IN3O2. The quantitative estimate of drug-likeness (QED) is 0.344. The summed E-state index contributed by atoms with van der Waals surface area (Å²) < 4.78 is 6.88. The predicted octanol–water partition coefficient (Wildman–Crippen LogP) is 1.26. The summed E-state index contributed by atoms with van der Waals surface area (Å²) >= 11 is 0. The van der Waals surface area contributed by atoms with Crippen LogP contribution < -0.4 is 34.0 Å². The molecule has 0 aliphatic carbocycles. The number of nitrogens with one attached hydrogen (secondary N) is 1. The van der Waals surface area contributed by atoms with Gasteiger partial charge in [0.25, 0.3) is 0 Å². The fraction of sp³-hybridized carbons (Fsp3) is 0.321. The Morgan fingerprint density at radius 1 is 0.941 bits per heavy atom. The van der Waals surface area contributed by atoms with Crippen LogP contribution in [0.15, 0.2) is 91.0 Å². The lowest BCUT2D eigenvalue weighted by atomic mass is 9.83. The average molecular weight is 569 g/mol. The Kier molecular flexibility index (Phi) is 7.48. The number of amides is 2. The van der Waals surface area contributed by atoms with Crippen molar-refractivity contribution in [3.05, 3.63) is 102 Å². The Morgan fingerprint density at radius 2 is 1.50 bits per heavy atom. The van der Waals surface area contributed by atoms with Crippen LogP contribution in [0.25, 0.3) is 0 Å². The minimum Gasteiger partial charge on any atom is -1.00 e. The number of rotatable bonds is 7. The third-order valence-electron chi connectivity index (χ3n) is 7.26. The third-order valence-corrected chi connectivity index (χ3v) is 7.26. The van der Waals surface area contributed by atoms with Crippen LogP contribution in [-0.2, 0) is 5.54 Å². The smallest absolute Gasteiger partial charge is 0.319 e. The number of likely N-dealkylation sites (N-methyl/N-ethyl adjacent to an activating group) is 1. The molecule has 2 saturated heterocycles. The van der Waals surface area contributed by atoms with Gasteiger partial charge < -0.3 is 43.4 Å². The van der Waals surface area contributed by atoms with Gasteiger partial charge in [-0.05, 0) is 23.3 Å². The zero-order chi connectivity index (χ0) is 22.7. The van der Waals surface area contributed by atoms with E-state index in [0.717, 1.165) is 47.4 Å². The second kappa shape index (κ2) is 10.4. The number of quaternary nitrogens is 1. The molecule has 5 nitrogen and oxygen atoms in total. The van der Waals surface area contributed by atoms with E-state index < -0.39 is 5.54 Å². The van der Waals surface area contributed by atoms with E-state index in [9.17, 15) is 4.79 Å². The monoisotopic (exact) mass is 569 g/mol. The first kappa shape index (κ1) is 24.5. The molecule has 2 fully saturated rings. The summed E-state index contributed by atoms with van der Waals surface area (Å²) in [5, 5.41) is 3.37. The van der Waals surface area contributed by atoms with Gasteiger partial charge in [-0.3, -0.25) is 0 Å². The van der Waals surface area contributed by atoms with Gasteiger partial charge in [0, 0.05) is 6.42 Å². The third kappa shape index (κ3) is 4.93. The van der Waals surface area contributed by atoms with Crippen LogP contribution >= 0.6 is 0 Å². The van der Waals surface area contributed by atoms with Crippen molar-refractivity contribution in [1.29, 1.82) is 0 Å². The molecule has 0 radical (unpaired) electrons. The van der Waals surface area contributed by atoms with Crippen molar-refractivity contribution in [3.8, 4) is 5.75 Å². The van der Waals surface area contributed by atoms with Crippen molar-refractivity contribution >= 4 is 6.03 Å². The Morgan fingerprint density at radius 3 is 2.09 bits per heavy atom. The minimum atomic E-state index is -0.526. The van der Waals surface area contributed by atoms with E-state index in [2.05, 4.69) is 41.5 Å². The molecule has 0 aromatic heterocycles. The lowest BCUT2D eigenvalue weighted by molar-refractivity contribution is -0.898. The fourth-order valence-electron chi connectivity index (χ4n) is 5.37. The first-order valence-electron chi connectivity index (χ1n) is 11.8. The van der Waals surface area contributed by atoms with E-state index in [1.807, 2.05) is 66.7 Å². The van der Waals surface area contributed by atoms with Gasteiger partial charge in [-0.2, -0.15) is 0 Å². The highest BCUT2D eigenvalue weighted by atomic mass is 127. The summed E-state index contributed by atoms with van der Waals surface area (Å²) in [4.78, 5) is 15.4. The molecule has 2 aliphatic heterocycles. The Bertz CT molecular complexity index is 1040. The van der Waals surface area contributed by atoms with Crippen LogP contribution in [0.5, 0.6) is 5.75 Å². The van der Waals surface area contributed by atoms with Crippen molar-refractivity contribution in [3.63, 3.8) is 0 Å². The number of hydrogen-bond acceptors (Lipinski definition) is 2. The molecule has 34 heavy (non-hydrogen) atoms. The standard InChI is InChI=1S/C28H31N3O2.HI/c1-31(19-20-33-26-15-9-4-10-16-26)18-17-25(21-31)30-22-28(29-27(30)32,23-11-5-2-6-12-23)24-13-7-3-8-14-24;/h2-16,25H,17-22H2,1H3;1H/t25-,31?;/m0./s1. The van der Waals surface area contributed by atoms with Crippen LogP contribution in [0.3, 0.4) is 0 Å². The van der Waals surface area contributed by atoms with Crippen LogP contribution in [0.2, 0.25) is 0 Å². The summed E-state index contributed by atoms with van der Waals surface area (Å²) in [6, 6.07) is 30.9. The topological polar surface area (TPSA) is 41.6 Å². The van der Waals surface area contributed by atoms with Gasteiger partial charge in [0.15, 0.2) is 0 Å². The SMILES string of the molecule is C[N+]1(CCOc2ccccc2)CC[C@H](N2CC(c3ccccc3)(c3ccccc3)NC2=O)C1.[I-]. The Balaban J connectivity index is 0.00000274. The molecule has 1 unspecified atom stereocenters. The minimum absolute atomic E-state index is 0. The van der Waals surface area contributed by atoms with E-state index in [-0.39, 0.29) is 36.0 Å². The number of ether oxygens (including phenoxy) is 1. The van der Waals surface area contributed by atoms with Crippen LogP contribution in [0.1, 0.15) is 17.5 Å². The van der Waals surface area contributed by atoms with E-state index in [4.69, 9.17) is 4.74 Å². The first-order chi connectivity index (χ1) is 16.1. The molecular weight excluding hydrogens is 537 g/mol. The number of benzene rings is 3. The maximum absolute atomic E-state index is 13.3. The summed E-state index contributed by atoms with van der Waals surface area (Å²) in [5.41, 5.74) is 1.72. The van der Waals surface area contributed by atoms with Gasteiger partial charge in [0.1, 0.15) is 24.4 Å². The van der Waals surface area contributed by atoms with Crippen molar-refractivity contribution in [2.75, 3.05) is 39.8 Å². The normalized spacial score (nSPS) is 23.3. The van der Waals surface area contributed by atoms with Gasteiger partial charge in [0.2, 0.25) is 0 Å². The number of urea groups is 1. The number of carbonyl (C=O) groups is 1. The molecule has 0 saturated carbocycles. The fourth-order valence-corrected chi connectivity index (χ4v) is 5.37. The molecule has 2 heterocycles. The number of nitrogens with zero attached hydrogens (tertiary/aromatic N) is 2. The number of para-hydroxylation sites is 1. The summed E-state index contributed by atoms with van der Waals surface area (Å²) in [7, 11) is 2.28. The second-order valence-electron chi connectivity index (χ2n) is 9.55. The van der Waals surface area contributed by atoms with Gasteiger partial charge in [-0.1, -0.05) is 78.9 Å². The van der Waals surface area contributed by atoms with Gasteiger partial charge in [-0.15, -0.1) is 0 Å². The molecule has 3 aromatic rings. The molecule has 2 atom stereocenters. The molecule has 0 bridgehead atoms. The highest BCUT2D eigenvalue weighted by Gasteiger charge is 2.50. The van der Waals surface area contributed by atoms with Crippen molar-refractivity contribution in [2.45, 2.75) is 18.0 Å². The number of hydrogen-bond donors (Lipinski definition) is 1. The molecule has 3 aromatic carbocycles. The lowest BCUT2D eigenvalue weighted by Gasteiger charge is -2.32. The Hall–Kier alpha value is -2.58. The zero-order valence-corrected chi connectivity index (χ0v) is 21.7. The average Bonchev–Trinajstić information content (AvgIpc) is 3.42. The first-order valence-corrected chi connectivity index (χ1v) is 11.8. The summed E-state index contributed by atoms with van der Waals surface area (Å²) in [6.45, 7) is 4.26. The van der Waals surface area contributed by atoms with E-state index in [0.29, 0.717) is 13.2 Å². The Labute approximate surface area is 219 Å². The van der Waals surface area contributed by atoms with Crippen LogP contribution in [-0.4, -0.2) is 61.3 Å². The largest absolute Gasteiger partial charge is 1.00 e. The number of likely N-dealkylation sites (tertiary alicyclic amines) is 1. The number of carbonyl (C=O) groups excluding carboxylic acids is 1. The molecule has 178 valence electrons. The van der Waals surface area contributed by atoms with Gasteiger partial charge >= 0.3 is 6.03 Å². The van der Waals surface area contributed by atoms with Crippen LogP contribution in [0, 0.1) is 0 Å². The molecule has 1 N–H and O–H groups in total. The van der Waals surface area contributed by atoms with E-state index in [1.165, 1.54) is 0 Å². The van der Waals surface area contributed by atoms with Crippen molar-refractivity contribution in [2.24, 2.45) is 0 Å². The molecule has 6 heteroatoms. The number of halogens is 1. The highest BCUT2D eigenvalue weighted by Crippen LogP contribution is 2.37. The summed E-state index contributed by atoms with van der Waals surface area (Å²) in [6.07, 6.45) is 1.01. The predicted molar refractivity (Wildman–Crippen MR) is 130 cm³/mol. The molecule has 0 spiro atoms. The maximum atomic E-state index is 13.3. The summed E-state index contributed by atoms with van der Waals surface area (Å²) in [5.74, 6) is 0.911. The van der Waals surface area contributed by atoms with Gasteiger partial charge in [-0.25, -0.2) is 4.79 Å². The maximum Gasteiger partial charge on any atom is 0.319 e. The lowest BCUT2D eigenvalue weighted by Crippen LogP contribution is -3.00. The molecule has 5 rings (SSSR count). The zero-order valence-electron chi connectivity index (χ0n) is 19.6. The van der Waals surface area contributed by atoms with Crippen molar-refractivity contribution < 1.29 is 38.0 Å². The van der Waals surface area contributed by atoms with Crippen LogP contribution in [0.4, 0.5) is 4.79 Å².